The molecule has 0 bridgehead atoms. The molecule has 4 rings (SSSR count). The fourth-order valence-electron chi connectivity index (χ4n) is 4.75. The van der Waals surface area contributed by atoms with Crippen LogP contribution < -0.4 is 19.1 Å². The first-order valence-electron chi connectivity index (χ1n) is 12.9. The van der Waals surface area contributed by atoms with Gasteiger partial charge in [-0.05, 0) is 73.4 Å². The van der Waals surface area contributed by atoms with Crippen molar-refractivity contribution in [2.24, 2.45) is 0 Å². The molecule has 0 spiro atoms. The van der Waals surface area contributed by atoms with Crippen LogP contribution in [0.3, 0.4) is 0 Å². The number of phenols is 1. The molecule has 1 unspecified atom stereocenters. The van der Waals surface area contributed by atoms with E-state index in [1.165, 1.54) is 17.0 Å². The number of aromatic hydroxyl groups is 1. The van der Waals surface area contributed by atoms with Gasteiger partial charge in [-0.3, -0.25) is 14.5 Å². The summed E-state index contributed by atoms with van der Waals surface area (Å²) in [5.41, 5.74) is 2.13. The molecule has 0 saturated carbocycles. The minimum atomic E-state index is -0.956. The van der Waals surface area contributed by atoms with Gasteiger partial charge in [-0.25, -0.2) is 0 Å². The van der Waals surface area contributed by atoms with Crippen molar-refractivity contribution < 1.29 is 34.0 Å². The van der Waals surface area contributed by atoms with Crippen LogP contribution in [0.25, 0.3) is 5.76 Å². The number of aliphatic hydroxyl groups is 1. The van der Waals surface area contributed by atoms with Crippen molar-refractivity contribution in [2.75, 3.05) is 25.2 Å². The third-order valence-corrected chi connectivity index (χ3v) is 6.58. The van der Waals surface area contributed by atoms with Crippen LogP contribution in [-0.4, -0.2) is 42.2 Å². The minimum absolute atomic E-state index is 0.0344. The van der Waals surface area contributed by atoms with Crippen molar-refractivity contribution in [3.05, 3.63) is 82.9 Å². The van der Waals surface area contributed by atoms with Gasteiger partial charge in [-0.1, -0.05) is 26.0 Å². The van der Waals surface area contributed by atoms with Crippen molar-refractivity contribution in [3.63, 3.8) is 0 Å². The Balaban J connectivity index is 1.93. The van der Waals surface area contributed by atoms with Crippen LogP contribution in [0, 0.1) is 0 Å². The van der Waals surface area contributed by atoms with E-state index in [-0.39, 0.29) is 23.0 Å². The van der Waals surface area contributed by atoms with E-state index in [0.29, 0.717) is 47.3 Å². The molecule has 1 atom stereocenters. The van der Waals surface area contributed by atoms with Gasteiger partial charge in [0.25, 0.3) is 11.7 Å². The lowest BCUT2D eigenvalue weighted by Gasteiger charge is -2.26. The zero-order valence-corrected chi connectivity index (χ0v) is 22.7. The number of methoxy groups -OCH3 is 1. The summed E-state index contributed by atoms with van der Waals surface area (Å²) in [6, 6.07) is 15.4. The number of hydrogen-bond donors (Lipinski definition) is 2. The number of benzene rings is 3. The molecule has 0 aliphatic carbocycles. The number of hydrogen-bond acceptors (Lipinski definition) is 7. The highest BCUT2D eigenvalue weighted by atomic mass is 16.5. The normalized spacial score (nSPS) is 16.6. The summed E-state index contributed by atoms with van der Waals surface area (Å²) < 4.78 is 16.9. The van der Waals surface area contributed by atoms with Crippen LogP contribution in [0.4, 0.5) is 5.69 Å². The van der Waals surface area contributed by atoms with Gasteiger partial charge in [0, 0.05) is 17.3 Å². The summed E-state index contributed by atoms with van der Waals surface area (Å²) in [5.74, 6) is -0.182. The van der Waals surface area contributed by atoms with Crippen molar-refractivity contribution >= 4 is 23.1 Å². The third-order valence-electron chi connectivity index (χ3n) is 6.58. The Morgan fingerprint density at radius 3 is 2.15 bits per heavy atom. The first-order valence-corrected chi connectivity index (χ1v) is 12.9. The molecule has 1 aliphatic rings. The number of carbonyl (C=O) groups is 2. The van der Waals surface area contributed by atoms with Gasteiger partial charge in [-0.2, -0.15) is 0 Å². The smallest absolute Gasteiger partial charge is 0.300 e. The number of ether oxygens (including phenoxy) is 3. The molecule has 204 valence electrons. The highest BCUT2D eigenvalue weighted by molar-refractivity contribution is 6.51. The Kier molecular flexibility index (Phi) is 8.14. The SMILES string of the molecule is CCOc1ccc(N2C(=O)C(=O)/C(=C(\O)c3ccc(OC)c(C(C)C)c3)C2c2ccc(O)cc2)cc1OCC. The summed E-state index contributed by atoms with van der Waals surface area (Å²) in [6.45, 7) is 8.50. The fourth-order valence-corrected chi connectivity index (χ4v) is 4.75. The molecule has 2 N–H and O–H groups in total. The Bertz CT molecular complexity index is 1410. The number of aliphatic hydroxyl groups excluding tert-OH is 1. The van der Waals surface area contributed by atoms with Gasteiger partial charge in [0.2, 0.25) is 0 Å². The second-order valence-corrected chi connectivity index (χ2v) is 9.37. The largest absolute Gasteiger partial charge is 0.508 e. The number of carbonyl (C=O) groups excluding carboxylic acids is 2. The lowest BCUT2D eigenvalue weighted by atomic mass is 9.93. The molecule has 39 heavy (non-hydrogen) atoms. The molecule has 1 aliphatic heterocycles. The predicted octanol–water partition coefficient (Wildman–Crippen LogP) is 5.95. The van der Waals surface area contributed by atoms with Crippen LogP contribution in [0.5, 0.6) is 23.0 Å². The maximum Gasteiger partial charge on any atom is 0.300 e. The van der Waals surface area contributed by atoms with Crippen LogP contribution >= 0.6 is 0 Å². The zero-order chi connectivity index (χ0) is 28.3. The molecule has 8 heteroatoms. The van der Waals surface area contributed by atoms with Crippen molar-refractivity contribution in [2.45, 2.75) is 39.7 Å². The van der Waals surface area contributed by atoms with Crippen LogP contribution in [0.15, 0.2) is 66.2 Å². The van der Waals surface area contributed by atoms with E-state index in [0.717, 1.165) is 5.56 Å². The molecule has 1 heterocycles. The quantitative estimate of drug-likeness (QED) is 0.200. The van der Waals surface area contributed by atoms with Gasteiger partial charge in [0.1, 0.15) is 17.3 Å². The minimum Gasteiger partial charge on any atom is -0.508 e. The van der Waals surface area contributed by atoms with E-state index in [1.54, 1.807) is 55.6 Å². The molecule has 0 radical (unpaired) electrons. The number of anilines is 1. The molecule has 0 aromatic heterocycles. The van der Waals surface area contributed by atoms with Gasteiger partial charge in [-0.15, -0.1) is 0 Å². The van der Waals surface area contributed by atoms with Crippen molar-refractivity contribution in [1.29, 1.82) is 0 Å². The number of rotatable bonds is 9. The topological polar surface area (TPSA) is 106 Å². The van der Waals surface area contributed by atoms with Gasteiger partial charge in [0.15, 0.2) is 11.5 Å². The summed E-state index contributed by atoms with van der Waals surface area (Å²) in [7, 11) is 1.57. The molecule has 3 aromatic carbocycles. The lowest BCUT2D eigenvalue weighted by molar-refractivity contribution is -0.132. The summed E-state index contributed by atoms with van der Waals surface area (Å²) in [6.07, 6.45) is 0. The molecule has 1 amide bonds. The van der Waals surface area contributed by atoms with Crippen molar-refractivity contribution in [1.82, 2.24) is 0 Å². The molecular weight excluding hydrogens is 498 g/mol. The van der Waals surface area contributed by atoms with E-state index in [9.17, 15) is 19.8 Å². The Morgan fingerprint density at radius 1 is 0.897 bits per heavy atom. The maximum absolute atomic E-state index is 13.5. The summed E-state index contributed by atoms with van der Waals surface area (Å²) >= 11 is 0. The molecule has 8 nitrogen and oxygen atoms in total. The molecule has 1 saturated heterocycles. The second kappa shape index (κ2) is 11.5. The molecule has 1 fully saturated rings. The van der Waals surface area contributed by atoms with E-state index in [2.05, 4.69) is 0 Å². The Morgan fingerprint density at radius 2 is 1.54 bits per heavy atom. The molecule has 3 aromatic rings. The number of ketones is 1. The van der Waals surface area contributed by atoms with Crippen molar-refractivity contribution in [3.8, 4) is 23.0 Å². The first kappa shape index (κ1) is 27.6. The number of amides is 1. The van der Waals surface area contributed by atoms with E-state index in [1.807, 2.05) is 27.7 Å². The summed E-state index contributed by atoms with van der Waals surface area (Å²) in [5, 5.41) is 21.4. The fraction of sp³-hybridized carbons (Fsp3) is 0.290. The Hall–Kier alpha value is -4.46. The maximum atomic E-state index is 13.5. The van der Waals surface area contributed by atoms with E-state index < -0.39 is 17.7 Å². The lowest BCUT2D eigenvalue weighted by Crippen LogP contribution is -2.29. The van der Waals surface area contributed by atoms with Gasteiger partial charge < -0.3 is 24.4 Å². The molecular formula is C31H33NO7. The van der Waals surface area contributed by atoms with Crippen LogP contribution in [0.1, 0.15) is 56.3 Å². The number of Topliss-reactive ketones (excluding diaryl/α,β-unsaturated/α-hetero) is 1. The predicted molar refractivity (Wildman–Crippen MR) is 149 cm³/mol. The monoisotopic (exact) mass is 531 g/mol. The average molecular weight is 532 g/mol. The number of phenolic OH excluding ortho intramolecular Hbond substituents is 1. The zero-order valence-electron chi connectivity index (χ0n) is 22.7. The van der Waals surface area contributed by atoms with Crippen LogP contribution in [-0.2, 0) is 9.59 Å². The van der Waals surface area contributed by atoms with E-state index >= 15 is 0 Å². The first-order chi connectivity index (χ1) is 18.7. The highest BCUT2D eigenvalue weighted by Crippen LogP contribution is 2.45. The summed E-state index contributed by atoms with van der Waals surface area (Å²) in [4.78, 5) is 28.4. The standard InChI is InChI=1S/C31H33NO7/c1-6-38-25-15-11-21(17-26(25)39-7-2)32-28(19-8-12-22(33)13-9-19)27(30(35)31(32)36)29(34)20-10-14-24(37-5)23(16-20)18(3)4/h8-18,28,33-34H,6-7H2,1-5H3/b29-27-. The number of nitrogens with zero attached hydrogens (tertiary/aromatic N) is 1. The van der Waals surface area contributed by atoms with Crippen LogP contribution in [0.2, 0.25) is 0 Å². The third kappa shape index (κ3) is 5.27. The van der Waals surface area contributed by atoms with E-state index in [4.69, 9.17) is 14.2 Å². The van der Waals surface area contributed by atoms with Gasteiger partial charge >= 0.3 is 0 Å². The highest BCUT2D eigenvalue weighted by Gasteiger charge is 2.47. The average Bonchev–Trinajstić information content (AvgIpc) is 3.19. The second-order valence-electron chi connectivity index (χ2n) is 9.37. The van der Waals surface area contributed by atoms with Gasteiger partial charge in [0.05, 0.1) is 31.9 Å². The Labute approximate surface area is 228 Å².